The zero-order chi connectivity index (χ0) is 37.0. The Morgan fingerprint density at radius 2 is 1.85 bits per heavy atom. The number of allylic oxidation sites excluding steroid dienone is 1. The number of hydrogen-bond acceptors (Lipinski definition) is 7. The van der Waals surface area contributed by atoms with Crippen molar-refractivity contribution in [2.24, 2.45) is 28.6 Å². The Bertz CT molecular complexity index is 2050. The molecule has 0 amide bonds. The van der Waals surface area contributed by atoms with E-state index in [1.165, 1.54) is 11.8 Å². The van der Waals surface area contributed by atoms with Crippen molar-refractivity contribution >= 4 is 23.6 Å². The van der Waals surface area contributed by atoms with E-state index in [2.05, 4.69) is 39.0 Å². The molecule has 8 heteroatoms. The number of fused-ring (bicyclic) bond motifs is 6. The number of hydrogen-bond donors (Lipinski definition) is 1. The van der Waals surface area contributed by atoms with Gasteiger partial charge in [0.25, 0.3) is 0 Å². The van der Waals surface area contributed by atoms with Crippen molar-refractivity contribution in [3.63, 3.8) is 0 Å². The summed E-state index contributed by atoms with van der Waals surface area (Å²) in [5.41, 5.74) is 3.87. The molecule has 2 heterocycles. The van der Waals surface area contributed by atoms with Crippen LogP contribution in [0.25, 0.3) is 11.8 Å². The summed E-state index contributed by atoms with van der Waals surface area (Å²) in [4.78, 5) is 40.9. The number of unbranched alkanes of at least 4 members (excludes halogenated alkanes) is 1. The van der Waals surface area contributed by atoms with Crippen LogP contribution in [-0.4, -0.2) is 44.1 Å². The minimum Gasteiger partial charge on any atom is -0.457 e. The largest absolute Gasteiger partial charge is 0.457 e. The second kappa shape index (κ2) is 13.7. The number of furan rings is 1. The number of ketones is 2. The number of aliphatic hydroxyl groups is 1. The van der Waals surface area contributed by atoms with Gasteiger partial charge in [-0.05, 0) is 116 Å². The summed E-state index contributed by atoms with van der Waals surface area (Å²) in [5, 5.41) is 17.2. The normalized spacial score (nSPS) is 30.0. The predicted octanol–water partition coefficient (Wildman–Crippen LogP) is 8.79. The highest BCUT2D eigenvalue weighted by atomic mass is 16.6. The fourth-order valence-corrected chi connectivity index (χ4v) is 11.1. The van der Waals surface area contributed by atoms with E-state index >= 15 is 0 Å². The zero-order valence-corrected chi connectivity index (χ0v) is 31.1. The molecule has 3 unspecified atom stereocenters. The Hall–Kier alpha value is -4.56. The summed E-state index contributed by atoms with van der Waals surface area (Å²) < 4.78 is 13.7. The SMILES string of the molecule is CCCCC(=O)[C@@]1(OC(=O)c2ccco2)CCC2C3CCC4=Cc5c(cnn5-c5cccc(C(=O)CCc6ccccc6)c5)C[C@]4(C)C3[C@@H](O)C[C@@]21C. The molecule has 0 saturated heterocycles. The van der Waals surface area contributed by atoms with Crippen molar-refractivity contribution in [3.8, 4) is 5.69 Å². The van der Waals surface area contributed by atoms with Crippen LogP contribution < -0.4 is 0 Å². The van der Waals surface area contributed by atoms with E-state index in [1.54, 1.807) is 12.1 Å². The maximum absolute atomic E-state index is 14.2. The van der Waals surface area contributed by atoms with Crippen LogP contribution in [-0.2, 0) is 22.4 Å². The molecule has 3 fully saturated rings. The van der Waals surface area contributed by atoms with E-state index < -0.39 is 23.1 Å². The third-order valence-electron chi connectivity index (χ3n) is 13.6. The number of rotatable bonds is 11. The smallest absolute Gasteiger partial charge is 0.375 e. The first kappa shape index (κ1) is 35.5. The molecule has 8 nitrogen and oxygen atoms in total. The molecule has 0 bridgehead atoms. The number of aliphatic hydroxyl groups excluding tert-OH is 1. The topological polar surface area (TPSA) is 112 Å². The Morgan fingerprint density at radius 1 is 1.02 bits per heavy atom. The Kier molecular flexibility index (Phi) is 9.16. The van der Waals surface area contributed by atoms with Crippen LogP contribution in [0.4, 0.5) is 0 Å². The quantitative estimate of drug-likeness (QED) is 0.122. The van der Waals surface area contributed by atoms with Gasteiger partial charge in [-0.15, -0.1) is 0 Å². The van der Waals surface area contributed by atoms with Gasteiger partial charge in [-0.25, -0.2) is 9.48 Å². The number of carbonyl (C=O) groups excluding carboxylic acids is 3. The third-order valence-corrected chi connectivity index (χ3v) is 13.6. The average molecular weight is 715 g/mol. The van der Waals surface area contributed by atoms with Crippen LogP contribution in [0.5, 0.6) is 0 Å². The van der Waals surface area contributed by atoms with E-state index in [4.69, 9.17) is 14.3 Å². The molecule has 3 saturated carbocycles. The molecule has 0 spiro atoms. The van der Waals surface area contributed by atoms with Gasteiger partial charge in [0.2, 0.25) is 5.76 Å². The van der Waals surface area contributed by atoms with Crippen LogP contribution in [0.2, 0.25) is 0 Å². The molecular formula is C45H50N2O6. The number of benzene rings is 2. The molecule has 2 aromatic heterocycles. The van der Waals surface area contributed by atoms with Gasteiger partial charge >= 0.3 is 5.97 Å². The molecule has 0 aliphatic heterocycles. The Balaban J connectivity index is 1.06. The number of carbonyl (C=O) groups is 3. The summed E-state index contributed by atoms with van der Waals surface area (Å²) in [7, 11) is 0. The van der Waals surface area contributed by atoms with Crippen LogP contribution in [0.15, 0.2) is 89.2 Å². The lowest BCUT2D eigenvalue weighted by Gasteiger charge is -2.60. The minimum absolute atomic E-state index is 0.00930. The highest BCUT2D eigenvalue weighted by Gasteiger charge is 2.70. The summed E-state index contributed by atoms with van der Waals surface area (Å²) in [5.74, 6) is -0.163. The van der Waals surface area contributed by atoms with E-state index in [9.17, 15) is 19.5 Å². The standard InChI is InChI=1S/C45H50N2O6/c1-4-5-16-40(50)45(53-42(51)39-15-10-23-52-39)22-21-35-34-19-18-32-25-36-31(26-43(32,2)41(34)38(49)27-44(35,45)3)28-46-47(36)33-14-9-13-30(24-33)37(48)20-17-29-11-7-6-8-12-29/h6-15,23-25,28,34-35,38,41,49H,4-5,16-22,26-27H2,1-3H3/t34?,35?,38-,41?,43-,44-,45-/m0/s1. The molecule has 4 aromatic rings. The Labute approximate surface area is 311 Å². The van der Waals surface area contributed by atoms with E-state index in [1.807, 2.05) is 53.3 Å². The van der Waals surface area contributed by atoms with Crippen molar-refractivity contribution in [2.75, 3.05) is 0 Å². The highest BCUT2D eigenvalue weighted by molar-refractivity contribution is 5.97. The summed E-state index contributed by atoms with van der Waals surface area (Å²) >= 11 is 0. The van der Waals surface area contributed by atoms with Gasteiger partial charge in [-0.3, -0.25) is 9.59 Å². The molecule has 4 aliphatic rings. The van der Waals surface area contributed by atoms with Crippen molar-refractivity contribution in [3.05, 3.63) is 113 Å². The fourth-order valence-electron chi connectivity index (χ4n) is 11.1. The van der Waals surface area contributed by atoms with Crippen molar-refractivity contribution < 1.29 is 28.6 Å². The first-order valence-electron chi connectivity index (χ1n) is 19.5. The van der Waals surface area contributed by atoms with Gasteiger partial charge in [-0.2, -0.15) is 5.10 Å². The number of esters is 1. The molecule has 7 atom stereocenters. The second-order valence-electron chi connectivity index (χ2n) is 16.5. The maximum atomic E-state index is 14.2. The number of nitrogens with zero attached hydrogens (tertiary/aromatic N) is 2. The summed E-state index contributed by atoms with van der Waals surface area (Å²) in [6.45, 7) is 6.46. The van der Waals surface area contributed by atoms with E-state index in [0.717, 1.165) is 61.0 Å². The first-order valence-corrected chi connectivity index (χ1v) is 19.5. The van der Waals surface area contributed by atoms with Crippen LogP contribution in [0.1, 0.15) is 116 Å². The molecule has 53 heavy (non-hydrogen) atoms. The van der Waals surface area contributed by atoms with Gasteiger partial charge in [0.05, 0.1) is 29.9 Å². The maximum Gasteiger partial charge on any atom is 0.375 e. The average Bonchev–Trinajstić information content (AvgIpc) is 3.91. The number of aromatic nitrogens is 2. The third kappa shape index (κ3) is 5.85. The van der Waals surface area contributed by atoms with Crippen LogP contribution in [0.3, 0.4) is 0 Å². The zero-order valence-electron chi connectivity index (χ0n) is 31.1. The van der Waals surface area contributed by atoms with Crippen LogP contribution in [0, 0.1) is 28.6 Å². The highest BCUT2D eigenvalue weighted by Crippen LogP contribution is 2.68. The summed E-state index contributed by atoms with van der Waals surface area (Å²) in [6.07, 6.45) is 12.2. The Morgan fingerprint density at radius 3 is 2.62 bits per heavy atom. The second-order valence-corrected chi connectivity index (χ2v) is 16.5. The molecular weight excluding hydrogens is 665 g/mol. The minimum atomic E-state index is -1.31. The monoisotopic (exact) mass is 714 g/mol. The molecule has 276 valence electrons. The van der Waals surface area contributed by atoms with Crippen LogP contribution >= 0.6 is 0 Å². The molecule has 8 rings (SSSR count). The predicted molar refractivity (Wildman–Crippen MR) is 202 cm³/mol. The van der Waals surface area contributed by atoms with Gasteiger partial charge in [0.15, 0.2) is 17.2 Å². The lowest BCUT2D eigenvalue weighted by Crippen LogP contribution is -2.63. The van der Waals surface area contributed by atoms with Gasteiger partial charge in [0.1, 0.15) is 0 Å². The molecule has 4 aliphatic carbocycles. The van der Waals surface area contributed by atoms with Crippen molar-refractivity contribution in [1.29, 1.82) is 0 Å². The lowest BCUT2D eigenvalue weighted by molar-refractivity contribution is -0.181. The van der Waals surface area contributed by atoms with Gasteiger partial charge in [0, 0.05) is 23.8 Å². The molecule has 0 radical (unpaired) electrons. The number of ether oxygens (including phenoxy) is 1. The van der Waals surface area contributed by atoms with Crippen molar-refractivity contribution in [2.45, 2.75) is 103 Å². The van der Waals surface area contributed by atoms with E-state index in [0.29, 0.717) is 37.7 Å². The number of Topliss-reactive ketones (excluding diaryl/α,β-unsaturated/α-hetero) is 2. The first-order chi connectivity index (χ1) is 25.6. The molecule has 2 aromatic carbocycles. The van der Waals surface area contributed by atoms with Gasteiger partial charge in [-0.1, -0.05) is 75.2 Å². The summed E-state index contributed by atoms with van der Waals surface area (Å²) in [6, 6.07) is 21.1. The molecule has 1 N–H and O–H groups in total. The number of aryl methyl sites for hydroxylation is 1. The van der Waals surface area contributed by atoms with Gasteiger partial charge < -0.3 is 14.3 Å². The fraction of sp³-hybridized carbons (Fsp3) is 0.467. The lowest BCUT2D eigenvalue weighted by atomic mass is 9.45. The van der Waals surface area contributed by atoms with Crippen molar-refractivity contribution in [1.82, 2.24) is 9.78 Å². The van der Waals surface area contributed by atoms with E-state index in [-0.39, 0.29) is 40.5 Å².